The highest BCUT2D eigenvalue weighted by atomic mass is 32.1. The van der Waals surface area contributed by atoms with Crippen molar-refractivity contribution in [3.8, 4) is 10.6 Å². The van der Waals surface area contributed by atoms with Crippen molar-refractivity contribution < 1.29 is 4.79 Å². The van der Waals surface area contributed by atoms with Crippen LogP contribution in [0.5, 0.6) is 0 Å². The fourth-order valence-corrected chi connectivity index (χ4v) is 2.68. The topological polar surface area (TPSA) is 66.9 Å². The summed E-state index contributed by atoms with van der Waals surface area (Å²) in [5.74, 6) is 0. The van der Waals surface area contributed by atoms with Gasteiger partial charge in [0.1, 0.15) is 5.01 Å². The molecule has 0 radical (unpaired) electrons. The first kappa shape index (κ1) is 13.1. The van der Waals surface area contributed by atoms with E-state index >= 15 is 0 Å². The Bertz CT molecular complexity index is 580. The zero-order valence-electron chi connectivity index (χ0n) is 11.0. The van der Waals surface area contributed by atoms with Crippen LogP contribution in [0, 0.1) is 0 Å². The lowest BCUT2D eigenvalue weighted by molar-refractivity contribution is 0.240. The summed E-state index contributed by atoms with van der Waals surface area (Å²) in [6.45, 7) is 0.609. The van der Waals surface area contributed by atoms with Gasteiger partial charge in [-0.25, -0.2) is 9.78 Å². The number of amides is 2. The van der Waals surface area contributed by atoms with E-state index in [1.807, 2.05) is 17.5 Å². The number of hydrogen-bond acceptors (Lipinski definition) is 4. The zero-order valence-corrected chi connectivity index (χ0v) is 11.8. The van der Waals surface area contributed by atoms with Gasteiger partial charge in [-0.2, -0.15) is 0 Å². The first-order chi connectivity index (χ1) is 9.81. The number of pyridine rings is 1. The molecular weight excluding hydrogens is 272 g/mol. The van der Waals surface area contributed by atoms with Crippen molar-refractivity contribution in [1.29, 1.82) is 0 Å². The predicted molar refractivity (Wildman–Crippen MR) is 78.6 cm³/mol. The molecule has 2 heterocycles. The summed E-state index contributed by atoms with van der Waals surface area (Å²) in [6.07, 6.45) is 6.49. The Kier molecular flexibility index (Phi) is 3.92. The Balaban J connectivity index is 1.48. The Morgan fingerprint density at radius 3 is 2.90 bits per heavy atom. The first-order valence-corrected chi connectivity index (χ1v) is 7.58. The minimum absolute atomic E-state index is 0.0721. The molecule has 0 aromatic carbocycles. The lowest BCUT2D eigenvalue weighted by Crippen LogP contribution is -2.37. The van der Waals surface area contributed by atoms with E-state index in [4.69, 9.17) is 0 Å². The molecule has 1 saturated carbocycles. The third-order valence-corrected chi connectivity index (χ3v) is 4.00. The van der Waals surface area contributed by atoms with Gasteiger partial charge in [0, 0.05) is 42.3 Å². The fourth-order valence-electron chi connectivity index (χ4n) is 1.82. The van der Waals surface area contributed by atoms with E-state index < -0.39 is 0 Å². The number of urea groups is 1. The van der Waals surface area contributed by atoms with E-state index in [1.54, 1.807) is 23.7 Å². The van der Waals surface area contributed by atoms with Crippen molar-refractivity contribution in [3.05, 3.63) is 35.6 Å². The van der Waals surface area contributed by atoms with Crippen LogP contribution in [0.4, 0.5) is 4.79 Å². The molecule has 2 aromatic heterocycles. The zero-order chi connectivity index (χ0) is 13.8. The van der Waals surface area contributed by atoms with E-state index in [9.17, 15) is 4.79 Å². The number of hydrogen-bond donors (Lipinski definition) is 2. The van der Waals surface area contributed by atoms with Crippen molar-refractivity contribution in [1.82, 2.24) is 20.6 Å². The number of thiazole rings is 1. The van der Waals surface area contributed by atoms with Crippen molar-refractivity contribution in [2.75, 3.05) is 6.54 Å². The highest BCUT2D eigenvalue weighted by molar-refractivity contribution is 7.13. The monoisotopic (exact) mass is 288 g/mol. The molecule has 1 fully saturated rings. The largest absolute Gasteiger partial charge is 0.338 e. The van der Waals surface area contributed by atoms with Crippen molar-refractivity contribution in [3.63, 3.8) is 0 Å². The molecule has 0 aliphatic heterocycles. The SMILES string of the molecule is O=C(NCCc1csc(-c2ccncc2)n1)NC1CC1. The van der Waals surface area contributed by atoms with Gasteiger partial charge in [-0.15, -0.1) is 11.3 Å². The highest BCUT2D eigenvalue weighted by Crippen LogP contribution is 2.22. The smallest absolute Gasteiger partial charge is 0.315 e. The average Bonchev–Trinajstić information content (AvgIpc) is 3.15. The Labute approximate surface area is 121 Å². The number of carbonyl (C=O) groups is 1. The van der Waals surface area contributed by atoms with Gasteiger partial charge in [-0.05, 0) is 25.0 Å². The van der Waals surface area contributed by atoms with E-state index in [0.717, 1.165) is 35.5 Å². The minimum atomic E-state index is -0.0721. The molecule has 0 unspecified atom stereocenters. The summed E-state index contributed by atoms with van der Waals surface area (Å²) in [6, 6.07) is 4.22. The van der Waals surface area contributed by atoms with E-state index in [0.29, 0.717) is 12.6 Å². The van der Waals surface area contributed by atoms with E-state index in [1.165, 1.54) is 0 Å². The maximum absolute atomic E-state index is 11.5. The van der Waals surface area contributed by atoms with Crippen molar-refractivity contribution >= 4 is 17.4 Å². The Hall–Kier alpha value is -1.95. The minimum Gasteiger partial charge on any atom is -0.338 e. The molecule has 3 rings (SSSR count). The van der Waals surface area contributed by atoms with Crippen molar-refractivity contribution in [2.24, 2.45) is 0 Å². The second-order valence-electron chi connectivity index (χ2n) is 4.80. The molecule has 2 amide bonds. The van der Waals surface area contributed by atoms with Gasteiger partial charge in [0.05, 0.1) is 5.69 Å². The van der Waals surface area contributed by atoms with E-state index in [2.05, 4.69) is 20.6 Å². The van der Waals surface area contributed by atoms with Crippen LogP contribution in [0.2, 0.25) is 0 Å². The van der Waals surface area contributed by atoms with Gasteiger partial charge in [0.25, 0.3) is 0 Å². The van der Waals surface area contributed by atoms with Crippen LogP contribution in [-0.2, 0) is 6.42 Å². The summed E-state index contributed by atoms with van der Waals surface area (Å²) in [5, 5.41) is 8.78. The Morgan fingerprint density at radius 2 is 2.15 bits per heavy atom. The number of nitrogens with one attached hydrogen (secondary N) is 2. The van der Waals surface area contributed by atoms with Crippen LogP contribution in [0.15, 0.2) is 29.9 Å². The van der Waals surface area contributed by atoms with Gasteiger partial charge >= 0.3 is 6.03 Å². The summed E-state index contributed by atoms with van der Waals surface area (Å²) in [7, 11) is 0. The molecule has 104 valence electrons. The summed E-state index contributed by atoms with van der Waals surface area (Å²) >= 11 is 1.61. The number of nitrogens with zero attached hydrogens (tertiary/aromatic N) is 2. The van der Waals surface area contributed by atoms with E-state index in [-0.39, 0.29) is 6.03 Å². The van der Waals surface area contributed by atoms with Gasteiger partial charge in [-0.3, -0.25) is 4.98 Å². The normalized spacial score (nSPS) is 14.0. The summed E-state index contributed by atoms with van der Waals surface area (Å²) in [4.78, 5) is 20.0. The fraction of sp³-hybridized carbons (Fsp3) is 0.357. The summed E-state index contributed by atoms with van der Waals surface area (Å²) in [5.41, 5.74) is 2.09. The van der Waals surface area contributed by atoms with Crippen LogP contribution in [0.3, 0.4) is 0 Å². The van der Waals surface area contributed by atoms with Gasteiger partial charge < -0.3 is 10.6 Å². The second-order valence-corrected chi connectivity index (χ2v) is 5.66. The molecule has 0 spiro atoms. The van der Waals surface area contributed by atoms with Gasteiger partial charge in [0.2, 0.25) is 0 Å². The molecule has 6 heteroatoms. The molecule has 2 aromatic rings. The van der Waals surface area contributed by atoms with Gasteiger partial charge in [-0.1, -0.05) is 0 Å². The molecule has 1 aliphatic carbocycles. The Morgan fingerprint density at radius 1 is 1.35 bits per heavy atom. The van der Waals surface area contributed by atoms with Crippen LogP contribution < -0.4 is 10.6 Å². The molecule has 20 heavy (non-hydrogen) atoms. The maximum Gasteiger partial charge on any atom is 0.315 e. The lowest BCUT2D eigenvalue weighted by Gasteiger charge is -2.04. The molecule has 0 saturated heterocycles. The highest BCUT2D eigenvalue weighted by Gasteiger charge is 2.22. The second kappa shape index (κ2) is 6.00. The third kappa shape index (κ3) is 3.54. The number of aromatic nitrogens is 2. The molecule has 0 bridgehead atoms. The third-order valence-electron chi connectivity index (χ3n) is 3.06. The predicted octanol–water partition coefficient (Wildman–Crippen LogP) is 2.21. The quantitative estimate of drug-likeness (QED) is 0.886. The average molecular weight is 288 g/mol. The van der Waals surface area contributed by atoms with Crippen LogP contribution in [0.25, 0.3) is 10.6 Å². The molecule has 0 atom stereocenters. The standard InChI is InChI=1S/C14H16N4OS/c19-14(18-11-1-2-11)16-8-5-12-9-20-13(17-12)10-3-6-15-7-4-10/h3-4,6-7,9,11H,1-2,5,8H2,(H2,16,18,19). The molecular formula is C14H16N4OS. The van der Waals surface area contributed by atoms with Crippen LogP contribution >= 0.6 is 11.3 Å². The van der Waals surface area contributed by atoms with Gasteiger partial charge in [0.15, 0.2) is 0 Å². The molecule has 1 aliphatic rings. The van der Waals surface area contributed by atoms with Crippen LogP contribution in [-0.4, -0.2) is 28.6 Å². The summed E-state index contributed by atoms with van der Waals surface area (Å²) < 4.78 is 0. The maximum atomic E-state index is 11.5. The van der Waals surface area contributed by atoms with Crippen molar-refractivity contribution in [2.45, 2.75) is 25.3 Å². The number of rotatable bonds is 5. The first-order valence-electron chi connectivity index (χ1n) is 6.70. The van der Waals surface area contributed by atoms with Crippen LogP contribution in [0.1, 0.15) is 18.5 Å². The molecule has 5 nitrogen and oxygen atoms in total. The number of carbonyl (C=O) groups excluding carboxylic acids is 1. The lowest BCUT2D eigenvalue weighted by atomic mass is 10.3. The molecule has 2 N–H and O–H groups in total.